The molecule has 1 saturated heterocycles. The zero-order valence-electron chi connectivity index (χ0n) is 11.3. The lowest BCUT2D eigenvalue weighted by molar-refractivity contribution is 0.446. The molecule has 1 fully saturated rings. The molecule has 20 heavy (non-hydrogen) atoms. The first-order valence-electron chi connectivity index (χ1n) is 7.17. The van der Waals surface area contributed by atoms with Gasteiger partial charge in [0.05, 0.1) is 11.4 Å². The third-order valence-electron chi connectivity index (χ3n) is 4.43. The van der Waals surface area contributed by atoms with Crippen molar-refractivity contribution in [3.8, 4) is 0 Å². The van der Waals surface area contributed by atoms with Gasteiger partial charge in [-0.1, -0.05) is 0 Å². The number of nitrogens with one attached hydrogen (secondary N) is 2. The van der Waals surface area contributed by atoms with Crippen molar-refractivity contribution in [2.24, 2.45) is 0 Å². The number of aromatic amines is 1. The molecule has 0 bridgehead atoms. The summed E-state index contributed by atoms with van der Waals surface area (Å²) in [5.41, 5.74) is 4.48. The average molecular weight is 295 g/mol. The molecule has 1 aliphatic heterocycles. The van der Waals surface area contributed by atoms with Gasteiger partial charge in [-0.3, -0.25) is 4.79 Å². The smallest absolute Gasteiger partial charge is 0.251 e. The number of hydrogen-bond donors (Lipinski definition) is 2. The molecule has 4 rings (SSSR count). The highest BCUT2D eigenvalue weighted by Gasteiger charge is 2.24. The van der Waals surface area contributed by atoms with Crippen molar-refractivity contribution in [1.29, 1.82) is 0 Å². The minimum absolute atomic E-state index is 0. The summed E-state index contributed by atoms with van der Waals surface area (Å²) in [6.07, 6.45) is 5.43. The van der Waals surface area contributed by atoms with Crippen LogP contribution < -0.4 is 10.9 Å². The quantitative estimate of drug-likeness (QED) is 0.836. The Morgan fingerprint density at radius 3 is 2.85 bits per heavy atom. The maximum absolute atomic E-state index is 11.9. The lowest BCUT2D eigenvalue weighted by Crippen LogP contribution is -2.28. The number of aromatic nitrogens is 3. The van der Waals surface area contributed by atoms with Crippen LogP contribution in [0.3, 0.4) is 0 Å². The Bertz CT molecular complexity index is 684. The van der Waals surface area contributed by atoms with Gasteiger partial charge < -0.3 is 10.3 Å². The molecule has 0 unspecified atom stereocenters. The number of rotatable bonds is 1. The lowest BCUT2D eigenvalue weighted by Gasteiger charge is -2.23. The summed E-state index contributed by atoms with van der Waals surface area (Å²) in [7, 11) is 0. The highest BCUT2D eigenvalue weighted by atomic mass is 35.5. The van der Waals surface area contributed by atoms with Gasteiger partial charge in [-0.15, -0.1) is 12.4 Å². The van der Waals surface area contributed by atoms with E-state index in [1.165, 1.54) is 11.3 Å². The first-order valence-corrected chi connectivity index (χ1v) is 7.17. The number of halogens is 1. The van der Waals surface area contributed by atoms with E-state index in [1.807, 2.05) is 4.52 Å². The Labute approximate surface area is 123 Å². The summed E-state index contributed by atoms with van der Waals surface area (Å²) in [5, 5.41) is 8.11. The standard InChI is InChI=1S/C14H18N4O.ClH/c19-13-8-12(9-4-6-15-7-5-9)18-14(16-13)10-2-1-3-11(10)17-18;/h8-9,15H,1-7H2,(H,16,19);1H. The van der Waals surface area contributed by atoms with Gasteiger partial charge in [-0.25, -0.2) is 4.52 Å². The van der Waals surface area contributed by atoms with E-state index in [4.69, 9.17) is 5.10 Å². The topological polar surface area (TPSA) is 62.2 Å². The van der Waals surface area contributed by atoms with E-state index in [2.05, 4.69) is 10.3 Å². The molecule has 0 atom stereocenters. The third-order valence-corrected chi connectivity index (χ3v) is 4.43. The highest BCUT2D eigenvalue weighted by Crippen LogP contribution is 2.28. The molecule has 5 nitrogen and oxygen atoms in total. The molecule has 2 aromatic heterocycles. The van der Waals surface area contributed by atoms with Crippen LogP contribution >= 0.6 is 12.4 Å². The van der Waals surface area contributed by atoms with Gasteiger partial charge in [0.1, 0.15) is 5.65 Å². The van der Waals surface area contributed by atoms with Crippen molar-refractivity contribution < 1.29 is 0 Å². The van der Waals surface area contributed by atoms with Crippen LogP contribution in [0.4, 0.5) is 0 Å². The van der Waals surface area contributed by atoms with Crippen molar-refractivity contribution in [3.63, 3.8) is 0 Å². The first-order chi connectivity index (χ1) is 9.33. The van der Waals surface area contributed by atoms with E-state index < -0.39 is 0 Å². The summed E-state index contributed by atoms with van der Waals surface area (Å²) in [5.74, 6) is 0.450. The Balaban J connectivity index is 0.00000121. The summed E-state index contributed by atoms with van der Waals surface area (Å²) in [6, 6.07) is 1.74. The first kappa shape index (κ1) is 13.6. The molecule has 2 aliphatic rings. The molecule has 0 amide bonds. The molecule has 2 aromatic rings. The van der Waals surface area contributed by atoms with Crippen molar-refractivity contribution in [2.45, 2.75) is 38.0 Å². The van der Waals surface area contributed by atoms with Gasteiger partial charge in [0, 0.05) is 17.5 Å². The number of fused-ring (bicyclic) bond motifs is 3. The molecule has 0 saturated carbocycles. The normalized spacial score (nSPS) is 19.0. The van der Waals surface area contributed by atoms with E-state index in [1.54, 1.807) is 6.07 Å². The predicted molar refractivity (Wildman–Crippen MR) is 79.9 cm³/mol. The van der Waals surface area contributed by atoms with Gasteiger partial charge in [-0.05, 0) is 45.2 Å². The summed E-state index contributed by atoms with van der Waals surface area (Å²) >= 11 is 0. The Morgan fingerprint density at radius 2 is 2.05 bits per heavy atom. The number of H-pyrrole nitrogens is 1. The van der Waals surface area contributed by atoms with E-state index in [0.29, 0.717) is 5.92 Å². The largest absolute Gasteiger partial charge is 0.317 e. The van der Waals surface area contributed by atoms with Crippen LogP contribution in [0, 0.1) is 0 Å². The van der Waals surface area contributed by atoms with Crippen LogP contribution in [0.2, 0.25) is 0 Å². The van der Waals surface area contributed by atoms with Crippen molar-refractivity contribution in [3.05, 3.63) is 33.4 Å². The van der Waals surface area contributed by atoms with Gasteiger partial charge in [0.2, 0.25) is 0 Å². The molecule has 0 aromatic carbocycles. The van der Waals surface area contributed by atoms with Gasteiger partial charge in [0.15, 0.2) is 0 Å². The molecule has 0 spiro atoms. The van der Waals surface area contributed by atoms with E-state index >= 15 is 0 Å². The molecule has 2 N–H and O–H groups in total. The van der Waals surface area contributed by atoms with Crippen molar-refractivity contribution in [1.82, 2.24) is 19.9 Å². The molecule has 0 radical (unpaired) electrons. The molecule has 6 heteroatoms. The monoisotopic (exact) mass is 294 g/mol. The average Bonchev–Trinajstić information content (AvgIpc) is 3.00. The predicted octanol–water partition coefficient (Wildman–Crippen LogP) is 1.40. The summed E-state index contributed by atoms with van der Waals surface area (Å²) in [6.45, 7) is 2.06. The number of nitrogens with zero attached hydrogens (tertiary/aromatic N) is 2. The Kier molecular flexibility index (Phi) is 3.56. The van der Waals surface area contributed by atoms with Crippen molar-refractivity contribution >= 4 is 18.1 Å². The second kappa shape index (κ2) is 5.22. The van der Waals surface area contributed by atoms with Crippen molar-refractivity contribution in [2.75, 3.05) is 13.1 Å². The number of aryl methyl sites for hydroxylation is 2. The van der Waals surface area contributed by atoms with Crippen LogP contribution in [0.15, 0.2) is 10.9 Å². The second-order valence-electron chi connectivity index (χ2n) is 5.62. The van der Waals surface area contributed by atoms with E-state index in [9.17, 15) is 4.79 Å². The molecule has 1 aliphatic carbocycles. The summed E-state index contributed by atoms with van der Waals surface area (Å²) < 4.78 is 2.00. The van der Waals surface area contributed by atoms with Gasteiger partial charge in [-0.2, -0.15) is 5.10 Å². The number of piperidine rings is 1. The fourth-order valence-corrected chi connectivity index (χ4v) is 3.46. The third kappa shape index (κ3) is 2.05. The van der Waals surface area contributed by atoms with Gasteiger partial charge >= 0.3 is 0 Å². The zero-order valence-corrected chi connectivity index (χ0v) is 12.1. The maximum atomic E-state index is 11.9. The minimum atomic E-state index is 0. The fraction of sp³-hybridized carbons (Fsp3) is 0.571. The zero-order chi connectivity index (χ0) is 12.8. The van der Waals surface area contributed by atoms with Crippen LogP contribution in [0.25, 0.3) is 5.65 Å². The Hall–Kier alpha value is -1.33. The van der Waals surface area contributed by atoms with Crippen LogP contribution in [0.1, 0.15) is 42.1 Å². The molecule has 108 valence electrons. The SMILES string of the molecule is Cl.O=c1cc(C2CCNCC2)n2nc3c(c2[nH]1)CCC3. The fourth-order valence-electron chi connectivity index (χ4n) is 3.46. The second-order valence-corrected chi connectivity index (χ2v) is 5.62. The Morgan fingerprint density at radius 1 is 1.25 bits per heavy atom. The summed E-state index contributed by atoms with van der Waals surface area (Å²) in [4.78, 5) is 14.9. The molecular formula is C14H19ClN4O. The maximum Gasteiger partial charge on any atom is 0.251 e. The van der Waals surface area contributed by atoms with Crippen LogP contribution in [-0.2, 0) is 12.8 Å². The lowest BCUT2D eigenvalue weighted by atomic mass is 9.94. The van der Waals surface area contributed by atoms with Crippen LogP contribution in [-0.4, -0.2) is 27.7 Å². The van der Waals surface area contributed by atoms with E-state index in [-0.39, 0.29) is 18.0 Å². The molecular weight excluding hydrogens is 276 g/mol. The van der Waals surface area contributed by atoms with Crippen LogP contribution in [0.5, 0.6) is 0 Å². The van der Waals surface area contributed by atoms with Gasteiger partial charge in [0.25, 0.3) is 5.56 Å². The highest BCUT2D eigenvalue weighted by molar-refractivity contribution is 5.85. The molecule has 3 heterocycles. The number of hydrogen-bond acceptors (Lipinski definition) is 3. The minimum Gasteiger partial charge on any atom is -0.317 e. The van der Waals surface area contributed by atoms with E-state index in [0.717, 1.165) is 56.5 Å².